The van der Waals surface area contributed by atoms with Gasteiger partial charge in [0.25, 0.3) is 0 Å². The molecule has 3 rings (SSSR count). The van der Waals surface area contributed by atoms with E-state index in [1.165, 1.54) is 12.7 Å². The topological polar surface area (TPSA) is 58.8 Å². The smallest absolute Gasteiger partial charge is 0.337 e. The summed E-state index contributed by atoms with van der Waals surface area (Å²) in [5.74, 6) is -0.314. The number of esters is 1. The van der Waals surface area contributed by atoms with Crippen LogP contribution in [0.15, 0.2) is 48.5 Å². The molecule has 0 bridgehead atoms. The van der Waals surface area contributed by atoms with Crippen molar-refractivity contribution in [2.45, 2.75) is 44.8 Å². The molecule has 2 aromatic carbocycles. The Morgan fingerprint density at radius 1 is 1.23 bits per heavy atom. The molecule has 5 nitrogen and oxygen atoms in total. The SMILES string of the molecule is COC(=O)c1ccc(N(Cc2cccc(Cl)c2)C2CCN(CCC(C)N)CC2)cc1. The molecule has 1 heterocycles. The molecule has 0 saturated carbocycles. The quantitative estimate of drug-likeness (QED) is 0.632. The molecule has 0 amide bonds. The summed E-state index contributed by atoms with van der Waals surface area (Å²) >= 11 is 6.22. The minimum absolute atomic E-state index is 0.246. The highest BCUT2D eigenvalue weighted by atomic mass is 35.5. The first-order valence-electron chi connectivity index (χ1n) is 10.6. The molecule has 2 aromatic rings. The standard InChI is InChI=1S/C24H32ClN3O2/c1-18(26)10-13-27-14-11-23(12-15-27)28(17-19-4-3-5-21(25)16-19)22-8-6-20(7-9-22)24(29)30-2/h3-9,16,18,23H,10-15,17,26H2,1-2H3. The van der Waals surface area contributed by atoms with Crippen molar-refractivity contribution >= 4 is 23.3 Å². The third-order valence-electron chi connectivity index (χ3n) is 5.76. The maximum absolute atomic E-state index is 11.8. The average molecular weight is 430 g/mol. The second-order valence-electron chi connectivity index (χ2n) is 8.14. The van der Waals surface area contributed by atoms with Crippen molar-refractivity contribution < 1.29 is 9.53 Å². The molecule has 1 fully saturated rings. The molecule has 1 unspecified atom stereocenters. The van der Waals surface area contributed by atoms with Crippen LogP contribution in [-0.4, -0.2) is 49.7 Å². The van der Waals surface area contributed by atoms with E-state index in [1.54, 1.807) is 0 Å². The summed E-state index contributed by atoms with van der Waals surface area (Å²) in [6.07, 6.45) is 3.22. The molecule has 30 heavy (non-hydrogen) atoms. The zero-order valence-corrected chi connectivity index (χ0v) is 18.6. The van der Waals surface area contributed by atoms with Crippen molar-refractivity contribution in [3.63, 3.8) is 0 Å². The van der Waals surface area contributed by atoms with Gasteiger partial charge in [0.1, 0.15) is 0 Å². The average Bonchev–Trinajstić information content (AvgIpc) is 2.76. The number of carbonyl (C=O) groups excluding carboxylic acids is 1. The molecule has 1 atom stereocenters. The van der Waals surface area contributed by atoms with E-state index in [2.05, 4.69) is 22.8 Å². The normalized spacial score (nSPS) is 16.3. The van der Waals surface area contributed by atoms with Gasteiger partial charge in [-0.1, -0.05) is 23.7 Å². The van der Waals surface area contributed by atoms with E-state index in [9.17, 15) is 4.79 Å². The van der Waals surface area contributed by atoms with Crippen LogP contribution in [0.25, 0.3) is 0 Å². The van der Waals surface area contributed by atoms with Gasteiger partial charge >= 0.3 is 5.97 Å². The van der Waals surface area contributed by atoms with E-state index in [0.29, 0.717) is 11.6 Å². The summed E-state index contributed by atoms with van der Waals surface area (Å²) in [5, 5.41) is 0.749. The van der Waals surface area contributed by atoms with Crippen LogP contribution in [0.3, 0.4) is 0 Å². The first kappa shape index (κ1) is 22.6. The number of benzene rings is 2. The highest BCUT2D eigenvalue weighted by Crippen LogP contribution is 2.27. The zero-order chi connectivity index (χ0) is 21.5. The lowest BCUT2D eigenvalue weighted by Gasteiger charge is -2.40. The predicted molar refractivity (Wildman–Crippen MR) is 123 cm³/mol. The van der Waals surface area contributed by atoms with Gasteiger partial charge in [-0.15, -0.1) is 0 Å². The van der Waals surface area contributed by atoms with Crippen molar-refractivity contribution in [2.24, 2.45) is 5.73 Å². The minimum Gasteiger partial charge on any atom is -0.465 e. The van der Waals surface area contributed by atoms with Crippen LogP contribution in [0.4, 0.5) is 5.69 Å². The molecule has 1 saturated heterocycles. The summed E-state index contributed by atoms with van der Waals surface area (Å²) in [4.78, 5) is 16.8. The Labute approximate surface area is 184 Å². The second-order valence-corrected chi connectivity index (χ2v) is 8.57. The summed E-state index contributed by atoms with van der Waals surface area (Å²) in [6.45, 7) is 6.06. The van der Waals surface area contributed by atoms with Crippen LogP contribution in [0, 0.1) is 0 Å². The number of rotatable bonds is 8. The van der Waals surface area contributed by atoms with Gasteiger partial charge in [0.15, 0.2) is 0 Å². The lowest BCUT2D eigenvalue weighted by Crippen LogP contribution is -2.45. The molecule has 0 aliphatic carbocycles. The number of hydrogen-bond acceptors (Lipinski definition) is 5. The molecule has 1 aliphatic heterocycles. The van der Waals surface area contributed by atoms with Crippen molar-refractivity contribution in [3.8, 4) is 0 Å². The maximum Gasteiger partial charge on any atom is 0.337 e. The highest BCUT2D eigenvalue weighted by Gasteiger charge is 2.25. The summed E-state index contributed by atoms with van der Waals surface area (Å²) in [5.41, 5.74) is 8.78. The summed E-state index contributed by atoms with van der Waals surface area (Å²) in [6, 6.07) is 16.4. The summed E-state index contributed by atoms with van der Waals surface area (Å²) < 4.78 is 4.83. The molecule has 0 aromatic heterocycles. The Hall–Kier alpha value is -2.08. The van der Waals surface area contributed by atoms with Crippen LogP contribution in [0.2, 0.25) is 5.02 Å². The van der Waals surface area contributed by atoms with Crippen LogP contribution in [-0.2, 0) is 11.3 Å². The number of halogens is 1. The number of nitrogens with zero attached hydrogens (tertiary/aromatic N) is 2. The third kappa shape index (κ3) is 6.21. The Bertz CT molecular complexity index is 817. The van der Waals surface area contributed by atoms with Crippen LogP contribution < -0.4 is 10.6 Å². The number of carbonyl (C=O) groups is 1. The van der Waals surface area contributed by atoms with Gasteiger partial charge in [0.05, 0.1) is 12.7 Å². The molecule has 162 valence electrons. The first-order chi connectivity index (χ1) is 14.5. The van der Waals surface area contributed by atoms with Crippen molar-refractivity contribution in [2.75, 3.05) is 31.6 Å². The predicted octanol–water partition coefficient (Wildman–Crippen LogP) is 4.33. The number of piperidine rings is 1. The number of anilines is 1. The second kappa shape index (κ2) is 10.8. The van der Waals surface area contributed by atoms with Crippen molar-refractivity contribution in [1.29, 1.82) is 0 Å². The molecule has 0 spiro atoms. The van der Waals surface area contributed by atoms with Gasteiger partial charge in [0.2, 0.25) is 0 Å². The van der Waals surface area contributed by atoms with Crippen molar-refractivity contribution in [3.05, 3.63) is 64.7 Å². The minimum atomic E-state index is -0.314. The molecule has 6 heteroatoms. The monoisotopic (exact) mass is 429 g/mol. The van der Waals surface area contributed by atoms with Gasteiger partial charge in [-0.05, 0) is 74.7 Å². The van der Waals surface area contributed by atoms with E-state index in [-0.39, 0.29) is 12.0 Å². The largest absolute Gasteiger partial charge is 0.465 e. The van der Waals surface area contributed by atoms with Crippen LogP contribution in [0.5, 0.6) is 0 Å². The summed E-state index contributed by atoms with van der Waals surface area (Å²) in [7, 11) is 1.40. The number of hydrogen-bond donors (Lipinski definition) is 1. The van der Waals surface area contributed by atoms with Crippen LogP contribution in [0.1, 0.15) is 42.1 Å². The van der Waals surface area contributed by atoms with Gasteiger partial charge in [-0.3, -0.25) is 0 Å². The number of nitrogens with two attached hydrogens (primary N) is 1. The van der Waals surface area contributed by atoms with E-state index in [1.807, 2.05) is 42.5 Å². The van der Waals surface area contributed by atoms with E-state index >= 15 is 0 Å². The number of likely N-dealkylation sites (tertiary alicyclic amines) is 1. The molecule has 0 radical (unpaired) electrons. The maximum atomic E-state index is 11.8. The lowest BCUT2D eigenvalue weighted by molar-refractivity contribution is 0.0600. The van der Waals surface area contributed by atoms with E-state index in [4.69, 9.17) is 22.1 Å². The Morgan fingerprint density at radius 3 is 2.53 bits per heavy atom. The zero-order valence-electron chi connectivity index (χ0n) is 17.9. The van der Waals surface area contributed by atoms with Gasteiger partial charge in [0, 0.05) is 42.4 Å². The fourth-order valence-electron chi connectivity index (χ4n) is 4.01. The highest BCUT2D eigenvalue weighted by molar-refractivity contribution is 6.30. The fraction of sp³-hybridized carbons (Fsp3) is 0.458. The Kier molecular flexibility index (Phi) is 8.14. The molecule has 1 aliphatic rings. The van der Waals surface area contributed by atoms with Crippen LogP contribution >= 0.6 is 11.6 Å². The lowest BCUT2D eigenvalue weighted by atomic mass is 10.0. The molecular weight excluding hydrogens is 398 g/mol. The first-order valence-corrected chi connectivity index (χ1v) is 11.0. The van der Waals surface area contributed by atoms with Gasteiger partial charge in [-0.2, -0.15) is 0 Å². The number of ether oxygens (including phenoxy) is 1. The fourth-order valence-corrected chi connectivity index (χ4v) is 4.22. The van der Waals surface area contributed by atoms with E-state index in [0.717, 1.165) is 56.2 Å². The Balaban J connectivity index is 1.75. The van der Waals surface area contributed by atoms with Gasteiger partial charge < -0.3 is 20.3 Å². The van der Waals surface area contributed by atoms with E-state index < -0.39 is 0 Å². The number of methoxy groups -OCH3 is 1. The third-order valence-corrected chi connectivity index (χ3v) is 6.00. The van der Waals surface area contributed by atoms with Gasteiger partial charge in [-0.25, -0.2) is 4.79 Å². The molecular formula is C24H32ClN3O2. The Morgan fingerprint density at radius 2 is 1.93 bits per heavy atom. The van der Waals surface area contributed by atoms with Crippen molar-refractivity contribution in [1.82, 2.24) is 4.90 Å². The molecule has 2 N–H and O–H groups in total.